The van der Waals surface area contributed by atoms with Gasteiger partial charge in [-0.05, 0) is 43.7 Å². The summed E-state index contributed by atoms with van der Waals surface area (Å²) >= 11 is 0. The first kappa shape index (κ1) is 18.7. The van der Waals surface area contributed by atoms with Gasteiger partial charge in [-0.25, -0.2) is 4.79 Å². The number of methoxy groups -OCH3 is 1. The monoisotopic (exact) mass is 364 g/mol. The van der Waals surface area contributed by atoms with Gasteiger partial charge < -0.3 is 19.7 Å². The van der Waals surface area contributed by atoms with E-state index in [0.717, 1.165) is 34.0 Å². The van der Waals surface area contributed by atoms with E-state index in [1.54, 1.807) is 7.11 Å². The van der Waals surface area contributed by atoms with Crippen LogP contribution in [0.1, 0.15) is 32.9 Å². The number of nitrogens with zero attached hydrogens (tertiary/aromatic N) is 1. The average molecular weight is 364 g/mol. The lowest BCUT2D eigenvalue weighted by molar-refractivity contribution is 0.0695. The van der Waals surface area contributed by atoms with Crippen molar-refractivity contribution in [2.75, 3.05) is 7.11 Å². The van der Waals surface area contributed by atoms with Crippen LogP contribution in [0.25, 0.3) is 5.69 Å². The van der Waals surface area contributed by atoms with Crippen LogP contribution in [-0.4, -0.2) is 22.8 Å². The highest BCUT2D eigenvalue weighted by molar-refractivity contribution is 5.91. The fraction of sp³-hybridized carbons (Fsp3) is 0.227. The molecule has 0 aliphatic carbocycles. The Bertz CT molecular complexity index is 946. The second-order valence-electron chi connectivity index (χ2n) is 6.46. The third kappa shape index (κ3) is 3.88. The van der Waals surface area contributed by atoms with Crippen molar-refractivity contribution in [2.24, 2.45) is 0 Å². The first-order valence-corrected chi connectivity index (χ1v) is 8.86. The number of ether oxygens (including phenoxy) is 1. The number of para-hydroxylation sites is 1. The molecule has 0 radical (unpaired) electrons. The van der Waals surface area contributed by atoms with E-state index >= 15 is 0 Å². The zero-order valence-corrected chi connectivity index (χ0v) is 15.8. The molecule has 5 nitrogen and oxygen atoms in total. The molecule has 3 rings (SSSR count). The number of hydrogen-bond donors (Lipinski definition) is 2. The van der Waals surface area contributed by atoms with Gasteiger partial charge in [-0.3, -0.25) is 0 Å². The predicted molar refractivity (Wildman–Crippen MR) is 106 cm³/mol. The summed E-state index contributed by atoms with van der Waals surface area (Å²) < 4.78 is 7.25. The standard InChI is InChI=1S/C22H24N2O3/c1-15-20(14-23-13-17-8-7-11-19(12-17)27-3)21(22(25)26)16(2)24(15)18-9-5-4-6-10-18/h4-12,23H,13-14H2,1-3H3,(H,25,26). The first-order valence-electron chi connectivity index (χ1n) is 8.86. The molecule has 0 bridgehead atoms. The van der Waals surface area contributed by atoms with Crippen molar-refractivity contribution in [1.29, 1.82) is 0 Å². The molecule has 0 spiro atoms. The normalized spacial score (nSPS) is 10.8. The zero-order valence-electron chi connectivity index (χ0n) is 15.8. The summed E-state index contributed by atoms with van der Waals surface area (Å²) in [6.07, 6.45) is 0. The molecule has 0 saturated carbocycles. The number of carboxylic acids is 1. The molecule has 2 aromatic carbocycles. The van der Waals surface area contributed by atoms with E-state index in [0.29, 0.717) is 18.7 Å². The molecule has 27 heavy (non-hydrogen) atoms. The van der Waals surface area contributed by atoms with Crippen molar-refractivity contribution in [2.45, 2.75) is 26.9 Å². The van der Waals surface area contributed by atoms with E-state index in [2.05, 4.69) is 5.32 Å². The Morgan fingerprint density at radius 2 is 1.78 bits per heavy atom. The fourth-order valence-corrected chi connectivity index (χ4v) is 3.48. The Morgan fingerprint density at radius 3 is 2.44 bits per heavy atom. The van der Waals surface area contributed by atoms with Crippen molar-refractivity contribution in [1.82, 2.24) is 9.88 Å². The van der Waals surface area contributed by atoms with Crippen molar-refractivity contribution in [3.8, 4) is 11.4 Å². The van der Waals surface area contributed by atoms with Crippen LogP contribution in [0.2, 0.25) is 0 Å². The number of carbonyl (C=O) groups is 1. The molecule has 1 heterocycles. The number of carboxylic acid groups (broad SMARTS) is 1. The van der Waals surface area contributed by atoms with Gasteiger partial charge in [-0.15, -0.1) is 0 Å². The smallest absolute Gasteiger partial charge is 0.337 e. The lowest BCUT2D eigenvalue weighted by atomic mass is 10.1. The van der Waals surface area contributed by atoms with Crippen LogP contribution in [0.4, 0.5) is 0 Å². The van der Waals surface area contributed by atoms with Gasteiger partial charge in [0.05, 0.1) is 12.7 Å². The van der Waals surface area contributed by atoms with E-state index in [9.17, 15) is 9.90 Å². The minimum absolute atomic E-state index is 0.370. The minimum Gasteiger partial charge on any atom is -0.497 e. The Morgan fingerprint density at radius 1 is 1.04 bits per heavy atom. The van der Waals surface area contributed by atoms with Crippen LogP contribution in [0.15, 0.2) is 54.6 Å². The molecule has 140 valence electrons. The number of rotatable bonds is 7. The van der Waals surface area contributed by atoms with E-state index in [1.807, 2.05) is 73.0 Å². The second-order valence-corrected chi connectivity index (χ2v) is 6.46. The highest BCUT2D eigenvalue weighted by atomic mass is 16.5. The van der Waals surface area contributed by atoms with Crippen molar-refractivity contribution in [3.63, 3.8) is 0 Å². The molecule has 0 saturated heterocycles. The molecular formula is C22H24N2O3. The van der Waals surface area contributed by atoms with Gasteiger partial charge in [-0.1, -0.05) is 30.3 Å². The predicted octanol–water partition coefficient (Wildman–Crippen LogP) is 4.09. The van der Waals surface area contributed by atoms with Gasteiger partial charge in [-0.2, -0.15) is 0 Å². The van der Waals surface area contributed by atoms with Crippen LogP contribution in [0.5, 0.6) is 5.75 Å². The summed E-state index contributed by atoms with van der Waals surface area (Å²) in [7, 11) is 1.64. The summed E-state index contributed by atoms with van der Waals surface area (Å²) in [4.78, 5) is 11.9. The summed E-state index contributed by atoms with van der Waals surface area (Å²) in [5.74, 6) is -0.0914. The van der Waals surface area contributed by atoms with Crippen molar-refractivity contribution in [3.05, 3.63) is 82.7 Å². The van der Waals surface area contributed by atoms with Crippen LogP contribution < -0.4 is 10.1 Å². The van der Waals surface area contributed by atoms with Gasteiger partial charge in [0.2, 0.25) is 0 Å². The second kappa shape index (κ2) is 8.10. The number of nitrogens with one attached hydrogen (secondary N) is 1. The van der Waals surface area contributed by atoms with Crippen LogP contribution >= 0.6 is 0 Å². The molecule has 0 amide bonds. The van der Waals surface area contributed by atoms with Crippen LogP contribution in [-0.2, 0) is 13.1 Å². The van der Waals surface area contributed by atoms with Gasteiger partial charge in [0.25, 0.3) is 0 Å². The number of hydrogen-bond acceptors (Lipinski definition) is 3. The van der Waals surface area contributed by atoms with Gasteiger partial charge in [0, 0.05) is 35.7 Å². The lowest BCUT2D eigenvalue weighted by Crippen LogP contribution is -2.15. The van der Waals surface area contributed by atoms with Crippen molar-refractivity contribution >= 4 is 5.97 Å². The third-order valence-electron chi connectivity index (χ3n) is 4.76. The molecule has 0 fully saturated rings. The molecule has 0 unspecified atom stereocenters. The maximum absolute atomic E-state index is 11.9. The van der Waals surface area contributed by atoms with E-state index < -0.39 is 5.97 Å². The molecule has 0 atom stereocenters. The Kier molecular flexibility index (Phi) is 5.62. The molecule has 2 N–H and O–H groups in total. The third-order valence-corrected chi connectivity index (χ3v) is 4.76. The van der Waals surface area contributed by atoms with Crippen LogP contribution in [0.3, 0.4) is 0 Å². The zero-order chi connectivity index (χ0) is 19.4. The SMILES string of the molecule is COc1cccc(CNCc2c(C(=O)O)c(C)n(-c3ccccc3)c2C)c1. The largest absolute Gasteiger partial charge is 0.497 e. The maximum atomic E-state index is 11.9. The Hall–Kier alpha value is -3.05. The highest BCUT2D eigenvalue weighted by Gasteiger charge is 2.22. The first-order chi connectivity index (χ1) is 13.0. The Balaban J connectivity index is 1.87. The van der Waals surface area contributed by atoms with Gasteiger partial charge in [0.1, 0.15) is 5.75 Å². The van der Waals surface area contributed by atoms with Crippen molar-refractivity contribution < 1.29 is 14.6 Å². The molecular weight excluding hydrogens is 340 g/mol. The summed E-state index contributed by atoms with van der Waals surface area (Å²) in [6.45, 7) is 4.93. The highest BCUT2D eigenvalue weighted by Crippen LogP contribution is 2.26. The maximum Gasteiger partial charge on any atom is 0.337 e. The van der Waals surface area contributed by atoms with Gasteiger partial charge in [0.15, 0.2) is 0 Å². The van der Waals surface area contributed by atoms with Crippen LogP contribution in [0, 0.1) is 13.8 Å². The number of benzene rings is 2. The lowest BCUT2D eigenvalue weighted by Gasteiger charge is -2.10. The molecule has 0 aliphatic heterocycles. The number of aromatic carboxylic acids is 1. The fourth-order valence-electron chi connectivity index (χ4n) is 3.48. The molecule has 0 aliphatic rings. The summed E-state index contributed by atoms with van der Waals surface area (Å²) in [6, 6.07) is 17.7. The quantitative estimate of drug-likeness (QED) is 0.663. The number of aromatic nitrogens is 1. The Labute approximate surface area is 159 Å². The minimum atomic E-state index is -0.900. The van der Waals surface area contributed by atoms with E-state index in [4.69, 9.17) is 4.74 Å². The van der Waals surface area contributed by atoms with E-state index in [-0.39, 0.29) is 0 Å². The summed E-state index contributed by atoms with van der Waals surface area (Å²) in [5.41, 5.74) is 4.91. The molecule has 3 aromatic rings. The van der Waals surface area contributed by atoms with E-state index in [1.165, 1.54) is 0 Å². The summed E-state index contributed by atoms with van der Waals surface area (Å²) in [5, 5.41) is 13.1. The molecule has 1 aromatic heterocycles. The topological polar surface area (TPSA) is 63.5 Å². The average Bonchev–Trinajstić information content (AvgIpc) is 2.92. The molecule has 5 heteroatoms. The van der Waals surface area contributed by atoms with Gasteiger partial charge >= 0.3 is 5.97 Å².